The lowest BCUT2D eigenvalue weighted by molar-refractivity contribution is 0.254. The van der Waals surface area contributed by atoms with Crippen molar-refractivity contribution in [1.82, 2.24) is 0 Å². The van der Waals surface area contributed by atoms with E-state index >= 15 is 0 Å². The van der Waals surface area contributed by atoms with E-state index in [1.807, 2.05) is 0 Å². The van der Waals surface area contributed by atoms with Gasteiger partial charge in [-0.3, -0.25) is 0 Å². The zero-order chi connectivity index (χ0) is 11.8. The highest BCUT2D eigenvalue weighted by atomic mass is 35.5. The van der Waals surface area contributed by atoms with Gasteiger partial charge in [0.05, 0.1) is 5.38 Å². The molecule has 1 aliphatic carbocycles. The molecule has 1 nitrogen and oxygen atoms in total. The van der Waals surface area contributed by atoms with Gasteiger partial charge < -0.3 is 4.74 Å². The first-order valence-electron chi connectivity index (χ1n) is 6.67. The van der Waals surface area contributed by atoms with Crippen molar-refractivity contribution < 1.29 is 4.74 Å². The molecule has 0 saturated heterocycles. The van der Waals surface area contributed by atoms with E-state index in [0.717, 1.165) is 12.2 Å². The Labute approximate surface area is 108 Å². The maximum atomic E-state index is 6.61. The van der Waals surface area contributed by atoms with Crippen LogP contribution in [0.3, 0.4) is 0 Å². The van der Waals surface area contributed by atoms with E-state index in [1.54, 1.807) is 0 Å². The van der Waals surface area contributed by atoms with Crippen molar-refractivity contribution in [3.05, 3.63) is 29.3 Å². The van der Waals surface area contributed by atoms with Crippen LogP contribution < -0.4 is 4.74 Å². The van der Waals surface area contributed by atoms with E-state index < -0.39 is 0 Å². The van der Waals surface area contributed by atoms with Crippen LogP contribution in [0.1, 0.15) is 49.1 Å². The van der Waals surface area contributed by atoms with Crippen LogP contribution in [-0.2, 0) is 6.42 Å². The van der Waals surface area contributed by atoms with Crippen LogP contribution in [0.2, 0.25) is 0 Å². The summed E-state index contributed by atoms with van der Waals surface area (Å²) in [7, 11) is 0. The van der Waals surface area contributed by atoms with Gasteiger partial charge in [-0.25, -0.2) is 0 Å². The van der Waals surface area contributed by atoms with Gasteiger partial charge in [0.1, 0.15) is 11.9 Å². The average molecular weight is 251 g/mol. The Morgan fingerprint density at radius 1 is 1.29 bits per heavy atom. The minimum absolute atomic E-state index is 0.193. The lowest BCUT2D eigenvalue weighted by atomic mass is 9.95. The second-order valence-corrected chi connectivity index (χ2v) is 5.92. The Kier molecular flexibility index (Phi) is 3.04. The van der Waals surface area contributed by atoms with Crippen LogP contribution in [0.25, 0.3) is 0 Å². The van der Waals surface area contributed by atoms with Gasteiger partial charge in [-0.2, -0.15) is 0 Å². The molecule has 1 aliphatic heterocycles. The number of hydrogen-bond acceptors (Lipinski definition) is 1. The lowest BCUT2D eigenvalue weighted by Gasteiger charge is -2.17. The molecule has 1 fully saturated rings. The predicted octanol–water partition coefficient (Wildman–Crippen LogP) is 4.48. The van der Waals surface area contributed by atoms with E-state index in [2.05, 4.69) is 25.1 Å². The highest BCUT2D eigenvalue weighted by Gasteiger charge is 2.26. The van der Waals surface area contributed by atoms with E-state index in [9.17, 15) is 0 Å². The topological polar surface area (TPSA) is 9.23 Å². The van der Waals surface area contributed by atoms with Crippen molar-refractivity contribution in [3.8, 4) is 5.75 Å². The number of rotatable bonds is 2. The number of halogens is 1. The molecule has 1 heterocycles. The van der Waals surface area contributed by atoms with Crippen LogP contribution in [0, 0.1) is 5.92 Å². The van der Waals surface area contributed by atoms with Crippen LogP contribution in [0.4, 0.5) is 0 Å². The summed E-state index contributed by atoms with van der Waals surface area (Å²) in [6.45, 7) is 2.12. The molecule has 92 valence electrons. The van der Waals surface area contributed by atoms with Crippen LogP contribution in [-0.4, -0.2) is 6.10 Å². The summed E-state index contributed by atoms with van der Waals surface area (Å²) in [5.41, 5.74) is 2.62. The van der Waals surface area contributed by atoms with Gasteiger partial charge in [0.15, 0.2) is 0 Å². The molecular formula is C15H19ClO. The fraction of sp³-hybridized carbons (Fsp3) is 0.600. The van der Waals surface area contributed by atoms with Crippen molar-refractivity contribution in [3.63, 3.8) is 0 Å². The highest BCUT2D eigenvalue weighted by Crippen LogP contribution is 2.41. The number of benzene rings is 1. The normalized spacial score (nSPS) is 25.6. The molecule has 0 bridgehead atoms. The van der Waals surface area contributed by atoms with Gasteiger partial charge in [-0.05, 0) is 42.9 Å². The summed E-state index contributed by atoms with van der Waals surface area (Å²) in [5.74, 6) is 1.73. The summed E-state index contributed by atoms with van der Waals surface area (Å²) < 4.78 is 5.72. The number of ether oxygens (including phenoxy) is 1. The zero-order valence-corrected chi connectivity index (χ0v) is 11.0. The first-order chi connectivity index (χ1) is 8.24. The molecule has 3 rings (SSSR count). The molecule has 1 aromatic rings. The van der Waals surface area contributed by atoms with E-state index in [1.165, 1.54) is 36.8 Å². The third-order valence-electron chi connectivity index (χ3n) is 4.05. The Balaban J connectivity index is 1.82. The van der Waals surface area contributed by atoms with Crippen molar-refractivity contribution in [2.24, 2.45) is 5.92 Å². The third-order valence-corrected chi connectivity index (χ3v) is 4.66. The number of alkyl halides is 1. The molecule has 1 aromatic carbocycles. The van der Waals surface area contributed by atoms with Crippen LogP contribution in [0.5, 0.6) is 5.75 Å². The van der Waals surface area contributed by atoms with Gasteiger partial charge in [-0.1, -0.05) is 25.0 Å². The second-order valence-electron chi connectivity index (χ2n) is 5.45. The molecule has 0 spiro atoms. The van der Waals surface area contributed by atoms with Crippen LogP contribution in [0.15, 0.2) is 18.2 Å². The Bertz CT molecular complexity index is 409. The number of fused-ring (bicyclic) bond motifs is 1. The van der Waals surface area contributed by atoms with Crippen molar-refractivity contribution >= 4 is 11.6 Å². The summed E-state index contributed by atoms with van der Waals surface area (Å²) in [5, 5.41) is 0.193. The van der Waals surface area contributed by atoms with Gasteiger partial charge >= 0.3 is 0 Å². The third kappa shape index (κ3) is 2.18. The predicted molar refractivity (Wildman–Crippen MR) is 70.8 cm³/mol. The second kappa shape index (κ2) is 4.53. The van der Waals surface area contributed by atoms with E-state index in [4.69, 9.17) is 16.3 Å². The SMILES string of the molecule is CC1Cc2cc(C(Cl)C3CCCC3)ccc2O1. The largest absolute Gasteiger partial charge is 0.490 e. The first kappa shape index (κ1) is 11.4. The Hall–Kier alpha value is -0.690. The molecule has 0 aromatic heterocycles. The molecule has 0 amide bonds. The van der Waals surface area contributed by atoms with Gasteiger partial charge in [0.2, 0.25) is 0 Å². The highest BCUT2D eigenvalue weighted by molar-refractivity contribution is 6.21. The molecule has 2 heteroatoms. The minimum atomic E-state index is 0.193. The molecule has 1 saturated carbocycles. The summed E-state index contributed by atoms with van der Waals surface area (Å²) in [6.07, 6.45) is 6.62. The van der Waals surface area contributed by atoms with Gasteiger partial charge in [-0.15, -0.1) is 11.6 Å². The quantitative estimate of drug-likeness (QED) is 0.704. The fourth-order valence-corrected chi connectivity index (χ4v) is 3.52. The van der Waals surface area contributed by atoms with Crippen LogP contribution >= 0.6 is 11.6 Å². The molecule has 17 heavy (non-hydrogen) atoms. The monoisotopic (exact) mass is 250 g/mol. The van der Waals surface area contributed by atoms with Gasteiger partial charge in [0.25, 0.3) is 0 Å². The van der Waals surface area contributed by atoms with Crippen molar-refractivity contribution in [2.45, 2.75) is 50.5 Å². The van der Waals surface area contributed by atoms with Gasteiger partial charge in [0, 0.05) is 6.42 Å². The van der Waals surface area contributed by atoms with E-state index in [-0.39, 0.29) is 5.38 Å². The molecule has 0 radical (unpaired) electrons. The molecular weight excluding hydrogens is 232 g/mol. The molecule has 2 atom stereocenters. The summed E-state index contributed by atoms with van der Waals surface area (Å²) >= 11 is 6.61. The average Bonchev–Trinajstić information content (AvgIpc) is 2.94. The standard InChI is InChI=1S/C15H19ClO/c1-10-8-13-9-12(6-7-14(13)17-10)15(16)11-4-2-3-5-11/h6-7,9-11,15H,2-5,8H2,1H3. The lowest BCUT2D eigenvalue weighted by Crippen LogP contribution is -2.05. The zero-order valence-electron chi connectivity index (χ0n) is 10.3. The minimum Gasteiger partial charge on any atom is -0.490 e. The maximum absolute atomic E-state index is 6.61. The fourth-order valence-electron chi connectivity index (χ4n) is 3.14. The maximum Gasteiger partial charge on any atom is 0.123 e. The Morgan fingerprint density at radius 3 is 2.82 bits per heavy atom. The Morgan fingerprint density at radius 2 is 2.06 bits per heavy atom. The summed E-state index contributed by atoms with van der Waals surface area (Å²) in [6, 6.07) is 6.50. The van der Waals surface area contributed by atoms with E-state index in [0.29, 0.717) is 12.0 Å². The van der Waals surface area contributed by atoms with Crippen molar-refractivity contribution in [2.75, 3.05) is 0 Å². The summed E-state index contributed by atoms with van der Waals surface area (Å²) in [4.78, 5) is 0. The molecule has 0 N–H and O–H groups in total. The molecule has 2 unspecified atom stereocenters. The first-order valence-corrected chi connectivity index (χ1v) is 7.11. The van der Waals surface area contributed by atoms with Crippen molar-refractivity contribution in [1.29, 1.82) is 0 Å². The smallest absolute Gasteiger partial charge is 0.123 e. The molecule has 2 aliphatic rings. The number of hydrogen-bond donors (Lipinski definition) is 0.